The second kappa shape index (κ2) is 10.4. The number of methoxy groups -OCH3 is 1. The Morgan fingerprint density at radius 1 is 1.12 bits per heavy atom. The molecule has 1 saturated heterocycles. The maximum absolute atomic E-state index is 13.1. The number of rotatable bonds is 9. The fourth-order valence-corrected chi connectivity index (χ4v) is 6.01. The Morgan fingerprint density at radius 3 is 2.53 bits per heavy atom. The van der Waals surface area contributed by atoms with Gasteiger partial charge in [-0.2, -0.15) is 4.31 Å². The van der Waals surface area contributed by atoms with Crippen LogP contribution in [0.2, 0.25) is 0 Å². The third-order valence-corrected chi connectivity index (χ3v) is 8.34. The molecule has 3 rings (SSSR count). The Kier molecular flexibility index (Phi) is 7.82. The lowest BCUT2D eigenvalue weighted by Crippen LogP contribution is -2.35. The number of hydrogen-bond donors (Lipinski definition) is 2. The van der Waals surface area contributed by atoms with Crippen molar-refractivity contribution in [1.82, 2.24) is 14.0 Å². The average molecular weight is 483 g/mol. The summed E-state index contributed by atoms with van der Waals surface area (Å²) in [6.07, 6.45) is 5.12. The molecule has 12 heteroatoms. The van der Waals surface area contributed by atoms with Crippen molar-refractivity contribution in [1.29, 1.82) is 0 Å². The summed E-state index contributed by atoms with van der Waals surface area (Å²) < 4.78 is 59.5. The Labute approximate surface area is 188 Å². The number of benzene rings is 1. The van der Waals surface area contributed by atoms with E-state index in [0.29, 0.717) is 13.1 Å². The highest BCUT2D eigenvalue weighted by atomic mass is 32.2. The molecule has 10 nitrogen and oxygen atoms in total. The zero-order chi connectivity index (χ0) is 23.2. The van der Waals surface area contributed by atoms with Crippen molar-refractivity contribution < 1.29 is 26.4 Å². The molecule has 2 heterocycles. The minimum Gasteiger partial charge on any atom is -0.495 e. The van der Waals surface area contributed by atoms with E-state index in [9.17, 15) is 21.6 Å². The van der Waals surface area contributed by atoms with Gasteiger partial charge in [0.1, 0.15) is 15.5 Å². The second-order valence-electron chi connectivity index (χ2n) is 7.22. The molecule has 0 bridgehead atoms. The third kappa shape index (κ3) is 5.82. The van der Waals surface area contributed by atoms with E-state index >= 15 is 0 Å². The fraction of sp³-hybridized carbons (Fsp3) is 0.400. The van der Waals surface area contributed by atoms with Crippen LogP contribution in [0.4, 0.5) is 5.69 Å². The average Bonchev–Trinajstić information content (AvgIpc) is 2.80. The first-order chi connectivity index (χ1) is 15.2. The lowest BCUT2D eigenvalue weighted by Gasteiger charge is -2.26. The van der Waals surface area contributed by atoms with Gasteiger partial charge in [0, 0.05) is 44.1 Å². The molecule has 1 fully saturated rings. The number of nitrogens with one attached hydrogen (secondary N) is 2. The number of sulfonamides is 2. The van der Waals surface area contributed by atoms with E-state index in [-0.39, 0.29) is 34.2 Å². The molecule has 32 heavy (non-hydrogen) atoms. The standard InChI is InChI=1S/C20H26N4O6S2/c1-30-18-8-7-16(14-19(18)32(28,29)24-12-3-2-4-13-24)23-20(25)9-11-22-31(26,27)17-6-5-10-21-15-17/h5-8,10,14-15,22H,2-4,9,11-13H2,1H3,(H,23,25). The Bertz CT molecular complexity index is 1150. The van der Waals surface area contributed by atoms with Crippen LogP contribution in [0.25, 0.3) is 0 Å². The van der Waals surface area contributed by atoms with Crippen LogP contribution in [-0.4, -0.2) is 58.8 Å². The van der Waals surface area contributed by atoms with E-state index in [1.54, 1.807) is 0 Å². The van der Waals surface area contributed by atoms with Crippen molar-refractivity contribution in [3.05, 3.63) is 42.7 Å². The largest absolute Gasteiger partial charge is 0.495 e. The van der Waals surface area contributed by atoms with Crippen LogP contribution >= 0.6 is 0 Å². The highest BCUT2D eigenvalue weighted by Crippen LogP contribution is 2.31. The highest BCUT2D eigenvalue weighted by Gasteiger charge is 2.29. The van der Waals surface area contributed by atoms with Crippen LogP contribution in [0.3, 0.4) is 0 Å². The third-order valence-electron chi connectivity index (χ3n) is 4.97. The number of hydrogen-bond acceptors (Lipinski definition) is 7. The van der Waals surface area contributed by atoms with Gasteiger partial charge in [-0.15, -0.1) is 0 Å². The lowest BCUT2D eigenvalue weighted by atomic mass is 10.2. The smallest absolute Gasteiger partial charge is 0.246 e. The van der Waals surface area contributed by atoms with Crippen LogP contribution in [-0.2, 0) is 24.8 Å². The maximum Gasteiger partial charge on any atom is 0.246 e. The van der Waals surface area contributed by atoms with Gasteiger partial charge in [0.25, 0.3) is 0 Å². The van der Waals surface area contributed by atoms with E-state index in [2.05, 4.69) is 15.0 Å². The van der Waals surface area contributed by atoms with E-state index in [4.69, 9.17) is 4.74 Å². The number of aromatic nitrogens is 1. The van der Waals surface area contributed by atoms with Crippen LogP contribution in [0.1, 0.15) is 25.7 Å². The molecule has 2 N–H and O–H groups in total. The number of piperidine rings is 1. The summed E-state index contributed by atoms with van der Waals surface area (Å²) in [6, 6.07) is 7.28. The van der Waals surface area contributed by atoms with Crippen molar-refractivity contribution in [2.45, 2.75) is 35.5 Å². The first-order valence-electron chi connectivity index (χ1n) is 10.1. The number of nitrogens with zero attached hydrogens (tertiary/aromatic N) is 2. The second-order valence-corrected chi connectivity index (χ2v) is 10.9. The SMILES string of the molecule is COc1ccc(NC(=O)CCNS(=O)(=O)c2cccnc2)cc1S(=O)(=O)N1CCCCC1. The molecule has 2 aromatic rings. The highest BCUT2D eigenvalue weighted by molar-refractivity contribution is 7.89. The van der Waals surface area contributed by atoms with Crippen molar-refractivity contribution in [2.75, 3.05) is 32.1 Å². The van der Waals surface area contributed by atoms with Crippen LogP contribution in [0.5, 0.6) is 5.75 Å². The molecule has 174 valence electrons. The van der Waals surface area contributed by atoms with Gasteiger partial charge in [-0.1, -0.05) is 6.42 Å². The lowest BCUT2D eigenvalue weighted by molar-refractivity contribution is -0.116. The Morgan fingerprint density at radius 2 is 1.88 bits per heavy atom. The van der Waals surface area contributed by atoms with E-state index in [1.807, 2.05) is 0 Å². The minimum absolute atomic E-state index is 0.00289. The van der Waals surface area contributed by atoms with Gasteiger partial charge in [0.15, 0.2) is 0 Å². The van der Waals surface area contributed by atoms with Gasteiger partial charge >= 0.3 is 0 Å². The first-order valence-corrected chi connectivity index (χ1v) is 13.0. The van der Waals surface area contributed by atoms with Crippen molar-refractivity contribution in [3.8, 4) is 5.75 Å². The van der Waals surface area contributed by atoms with Gasteiger partial charge in [0.2, 0.25) is 26.0 Å². The summed E-state index contributed by atoms with van der Waals surface area (Å²) in [6.45, 7) is 0.760. The maximum atomic E-state index is 13.1. The summed E-state index contributed by atoms with van der Waals surface area (Å²) in [5.41, 5.74) is 0.279. The summed E-state index contributed by atoms with van der Waals surface area (Å²) in [4.78, 5) is 16.1. The quantitative estimate of drug-likeness (QED) is 0.554. The molecule has 1 amide bonds. The van der Waals surface area contributed by atoms with Crippen molar-refractivity contribution in [2.24, 2.45) is 0 Å². The van der Waals surface area contributed by atoms with E-state index in [0.717, 1.165) is 19.3 Å². The van der Waals surface area contributed by atoms with Crippen molar-refractivity contribution >= 4 is 31.6 Å². The van der Waals surface area contributed by atoms with Crippen LogP contribution in [0.15, 0.2) is 52.5 Å². The predicted octanol–water partition coefficient (Wildman–Crippen LogP) is 1.57. The first kappa shape index (κ1) is 24.1. The summed E-state index contributed by atoms with van der Waals surface area (Å²) in [7, 11) is -6.15. The fourth-order valence-electron chi connectivity index (χ4n) is 3.31. The van der Waals surface area contributed by atoms with Crippen LogP contribution < -0.4 is 14.8 Å². The summed E-state index contributed by atoms with van der Waals surface area (Å²) in [5, 5.41) is 2.61. The zero-order valence-electron chi connectivity index (χ0n) is 17.7. The minimum atomic E-state index is -3.77. The molecule has 1 aliphatic rings. The van der Waals surface area contributed by atoms with Gasteiger partial charge in [0.05, 0.1) is 7.11 Å². The number of carbonyl (C=O) groups is 1. The zero-order valence-corrected chi connectivity index (χ0v) is 19.3. The molecule has 1 aromatic carbocycles. The molecule has 0 atom stereocenters. The molecular weight excluding hydrogens is 456 g/mol. The number of anilines is 1. The number of carbonyl (C=O) groups excluding carboxylic acids is 1. The normalized spacial score (nSPS) is 15.3. The topological polar surface area (TPSA) is 135 Å². The molecule has 0 unspecified atom stereocenters. The van der Waals surface area contributed by atoms with Gasteiger partial charge in [-0.25, -0.2) is 21.6 Å². The predicted molar refractivity (Wildman–Crippen MR) is 118 cm³/mol. The molecule has 0 radical (unpaired) electrons. The van der Waals surface area contributed by atoms with Gasteiger partial charge in [-0.3, -0.25) is 9.78 Å². The molecule has 1 aromatic heterocycles. The van der Waals surface area contributed by atoms with Crippen LogP contribution in [0, 0.1) is 0 Å². The molecular formula is C20H26N4O6S2. The van der Waals surface area contributed by atoms with E-state index in [1.165, 1.54) is 54.1 Å². The van der Waals surface area contributed by atoms with Gasteiger partial charge < -0.3 is 10.1 Å². The molecule has 0 spiro atoms. The summed E-state index contributed by atoms with van der Waals surface area (Å²) >= 11 is 0. The Balaban J connectivity index is 1.66. The number of amides is 1. The van der Waals surface area contributed by atoms with Crippen molar-refractivity contribution in [3.63, 3.8) is 0 Å². The monoisotopic (exact) mass is 482 g/mol. The summed E-state index contributed by atoms with van der Waals surface area (Å²) in [5.74, 6) is -0.275. The van der Waals surface area contributed by atoms with E-state index < -0.39 is 26.0 Å². The number of pyridine rings is 1. The van der Waals surface area contributed by atoms with Gasteiger partial charge in [-0.05, 0) is 43.2 Å². The molecule has 0 saturated carbocycles. The molecule has 1 aliphatic heterocycles. The number of ether oxygens (including phenoxy) is 1. The molecule has 0 aliphatic carbocycles. The Hall–Kier alpha value is -2.54.